The number of fused-ring (bicyclic) bond motifs is 4. The summed E-state index contributed by atoms with van der Waals surface area (Å²) in [4.78, 5) is 72.6. The molecule has 4 amide bonds. The number of nitrogens with one attached hydrogen (secondary N) is 4. The monoisotopic (exact) mass is 703 g/mol. The average molecular weight is 704 g/mol. The summed E-state index contributed by atoms with van der Waals surface area (Å²) in [6, 6.07) is 8.88. The fraction of sp³-hybridized carbons (Fsp3) is 0.412. The van der Waals surface area contributed by atoms with Crippen LogP contribution in [0.1, 0.15) is 98.5 Å². The van der Waals surface area contributed by atoms with E-state index >= 15 is 0 Å². The van der Waals surface area contributed by atoms with Gasteiger partial charge in [0.15, 0.2) is 0 Å². The number of hydrogen-bond acceptors (Lipinski definition) is 11. The highest BCUT2D eigenvalue weighted by Crippen LogP contribution is 2.27. The SMILES string of the molecule is CNc1ncc(C(=O)N2CCCNC(=O)c3csc(n3)[C@H](Cc3ccccc3)NC(=O)c3csc(n3)[C@H](CC(C)C)NC(=O)CCC2)cn1. The van der Waals surface area contributed by atoms with Crippen molar-refractivity contribution in [3.8, 4) is 0 Å². The molecule has 0 saturated carbocycles. The summed E-state index contributed by atoms with van der Waals surface area (Å²) >= 11 is 2.63. The Morgan fingerprint density at radius 1 is 0.918 bits per heavy atom. The van der Waals surface area contributed by atoms with Crippen molar-refractivity contribution >= 4 is 52.3 Å². The van der Waals surface area contributed by atoms with E-state index in [2.05, 4.69) is 55.1 Å². The smallest absolute Gasteiger partial charge is 0.271 e. The molecule has 3 aromatic heterocycles. The molecule has 258 valence electrons. The van der Waals surface area contributed by atoms with Crippen LogP contribution in [0.3, 0.4) is 0 Å². The molecule has 0 radical (unpaired) electrons. The summed E-state index contributed by atoms with van der Waals surface area (Å²) < 4.78 is 0. The van der Waals surface area contributed by atoms with Crippen molar-refractivity contribution in [1.82, 2.24) is 40.8 Å². The van der Waals surface area contributed by atoms with Crippen LogP contribution in [-0.2, 0) is 11.2 Å². The van der Waals surface area contributed by atoms with E-state index < -0.39 is 6.04 Å². The predicted molar refractivity (Wildman–Crippen MR) is 189 cm³/mol. The highest BCUT2D eigenvalue weighted by molar-refractivity contribution is 7.10. The second-order valence-electron chi connectivity index (χ2n) is 12.2. The van der Waals surface area contributed by atoms with E-state index in [9.17, 15) is 19.2 Å². The van der Waals surface area contributed by atoms with Crippen LogP contribution in [0, 0.1) is 5.92 Å². The van der Waals surface area contributed by atoms with E-state index in [1.165, 1.54) is 35.1 Å². The Kier molecular flexibility index (Phi) is 12.4. The summed E-state index contributed by atoms with van der Waals surface area (Å²) in [5.74, 6) is -0.466. The fourth-order valence-corrected chi connectivity index (χ4v) is 7.12. The molecule has 4 N–H and O–H groups in total. The maximum Gasteiger partial charge on any atom is 0.271 e. The Hall–Kier alpha value is -4.76. The first-order valence-electron chi connectivity index (χ1n) is 16.3. The molecular formula is C34H41N9O4S2. The van der Waals surface area contributed by atoms with Crippen molar-refractivity contribution in [3.63, 3.8) is 0 Å². The Balaban J connectivity index is 1.40. The number of anilines is 1. The van der Waals surface area contributed by atoms with E-state index in [0.717, 1.165) is 5.56 Å². The minimum absolute atomic E-state index is 0.165. The molecule has 1 aliphatic rings. The van der Waals surface area contributed by atoms with E-state index in [-0.39, 0.29) is 53.4 Å². The molecule has 1 aliphatic heterocycles. The molecule has 2 atom stereocenters. The molecule has 0 fully saturated rings. The predicted octanol–water partition coefficient (Wildman–Crippen LogP) is 4.40. The summed E-state index contributed by atoms with van der Waals surface area (Å²) in [5.41, 5.74) is 1.84. The van der Waals surface area contributed by atoms with Crippen molar-refractivity contribution in [2.75, 3.05) is 32.0 Å². The average Bonchev–Trinajstić information content (AvgIpc) is 3.80. The molecule has 0 spiro atoms. The van der Waals surface area contributed by atoms with Gasteiger partial charge in [-0.3, -0.25) is 19.2 Å². The molecule has 49 heavy (non-hydrogen) atoms. The van der Waals surface area contributed by atoms with Crippen molar-refractivity contribution in [3.05, 3.63) is 86.0 Å². The number of carbonyl (C=O) groups excluding carboxylic acids is 4. The molecule has 4 bridgehead atoms. The zero-order chi connectivity index (χ0) is 34.8. The molecule has 5 rings (SSSR count). The molecule has 4 heterocycles. The van der Waals surface area contributed by atoms with Gasteiger partial charge in [0.05, 0.1) is 17.6 Å². The Morgan fingerprint density at radius 3 is 2.24 bits per heavy atom. The molecule has 1 aromatic carbocycles. The second kappa shape index (κ2) is 17.1. The first-order chi connectivity index (χ1) is 23.7. The standard InChI is InChI=1S/C34H41N9O4S2/c1-21(2)15-24-31-42-27(20-49-31)30(46)40-25(16-22-9-5-4-6-10-22)32-41-26(19-48-32)29(45)36-12-8-14-43(13-7-11-28(44)39-24)33(47)23-17-37-34(35-3)38-18-23/h4-6,9-10,17-21,24-25H,7-8,11-16H2,1-3H3,(H,36,45)(H,39,44)(H,40,46)(H,35,37,38)/t24-,25-/m0/s1. The van der Waals surface area contributed by atoms with Crippen molar-refractivity contribution in [2.24, 2.45) is 5.92 Å². The minimum Gasteiger partial charge on any atom is -0.357 e. The van der Waals surface area contributed by atoms with Gasteiger partial charge >= 0.3 is 0 Å². The summed E-state index contributed by atoms with van der Waals surface area (Å²) in [5, 5.41) is 16.6. The minimum atomic E-state index is -0.502. The van der Waals surface area contributed by atoms with Gasteiger partial charge in [-0.25, -0.2) is 19.9 Å². The van der Waals surface area contributed by atoms with Crippen LogP contribution < -0.4 is 21.3 Å². The lowest BCUT2D eigenvalue weighted by atomic mass is 10.0. The van der Waals surface area contributed by atoms with Crippen molar-refractivity contribution in [2.45, 2.75) is 58.0 Å². The lowest BCUT2D eigenvalue weighted by Gasteiger charge is -2.23. The van der Waals surface area contributed by atoms with Crippen molar-refractivity contribution < 1.29 is 19.2 Å². The van der Waals surface area contributed by atoms with Crippen LogP contribution in [0.25, 0.3) is 0 Å². The van der Waals surface area contributed by atoms with Crippen LogP contribution in [0.15, 0.2) is 53.5 Å². The summed E-state index contributed by atoms with van der Waals surface area (Å²) in [7, 11) is 1.70. The molecule has 0 saturated heterocycles. The van der Waals surface area contributed by atoms with Gasteiger partial charge in [0.2, 0.25) is 11.9 Å². The second-order valence-corrected chi connectivity index (χ2v) is 13.9. The number of thiazole rings is 2. The number of carbonyl (C=O) groups is 4. The number of amides is 4. The first kappa shape index (κ1) is 35.5. The quantitative estimate of drug-likeness (QED) is 0.227. The van der Waals surface area contributed by atoms with E-state index in [1.54, 1.807) is 22.7 Å². The van der Waals surface area contributed by atoms with Gasteiger partial charge in [-0.15, -0.1) is 22.7 Å². The van der Waals surface area contributed by atoms with Crippen LogP contribution in [0.5, 0.6) is 0 Å². The number of hydrogen-bond donors (Lipinski definition) is 4. The van der Waals surface area contributed by atoms with Gasteiger partial charge in [0.1, 0.15) is 21.4 Å². The van der Waals surface area contributed by atoms with Crippen LogP contribution in [0.4, 0.5) is 5.95 Å². The molecule has 4 aromatic rings. The first-order valence-corrected chi connectivity index (χ1v) is 18.1. The van der Waals surface area contributed by atoms with Crippen LogP contribution >= 0.6 is 22.7 Å². The molecule has 15 heteroatoms. The number of benzene rings is 1. The van der Waals surface area contributed by atoms with E-state index in [1.807, 2.05) is 30.3 Å². The van der Waals surface area contributed by atoms with Gasteiger partial charge < -0.3 is 26.2 Å². The van der Waals surface area contributed by atoms with Crippen molar-refractivity contribution in [1.29, 1.82) is 0 Å². The van der Waals surface area contributed by atoms with Gasteiger partial charge in [0, 0.05) is 56.3 Å². The third kappa shape index (κ3) is 9.89. The Morgan fingerprint density at radius 2 is 1.57 bits per heavy atom. The molecular weight excluding hydrogens is 663 g/mol. The third-order valence-corrected chi connectivity index (χ3v) is 9.78. The Labute approximate surface area is 293 Å². The topological polar surface area (TPSA) is 171 Å². The molecule has 0 aliphatic carbocycles. The highest BCUT2D eigenvalue weighted by atomic mass is 32.1. The lowest BCUT2D eigenvalue weighted by Crippen LogP contribution is -2.36. The maximum absolute atomic E-state index is 13.5. The van der Waals surface area contributed by atoms with Gasteiger partial charge in [0.25, 0.3) is 17.7 Å². The lowest BCUT2D eigenvalue weighted by molar-refractivity contribution is -0.122. The van der Waals surface area contributed by atoms with Gasteiger partial charge in [-0.05, 0) is 37.2 Å². The maximum atomic E-state index is 13.5. The van der Waals surface area contributed by atoms with E-state index in [0.29, 0.717) is 66.8 Å². The third-order valence-electron chi connectivity index (χ3n) is 7.87. The Bertz CT molecular complexity index is 1730. The van der Waals surface area contributed by atoms with E-state index in [4.69, 9.17) is 0 Å². The molecule has 0 unspecified atom stereocenters. The number of aromatic nitrogens is 4. The van der Waals surface area contributed by atoms with Gasteiger partial charge in [-0.2, -0.15) is 0 Å². The zero-order valence-electron chi connectivity index (χ0n) is 27.8. The fourth-order valence-electron chi connectivity index (χ4n) is 5.40. The van der Waals surface area contributed by atoms with Crippen LogP contribution in [0.2, 0.25) is 0 Å². The molecule has 13 nitrogen and oxygen atoms in total. The number of rotatable bonds is 6. The van der Waals surface area contributed by atoms with Gasteiger partial charge in [-0.1, -0.05) is 44.2 Å². The highest BCUT2D eigenvalue weighted by Gasteiger charge is 2.26. The normalized spacial score (nSPS) is 18.2. The summed E-state index contributed by atoms with van der Waals surface area (Å²) in [6.07, 6.45) is 5.15. The largest absolute Gasteiger partial charge is 0.357 e. The summed E-state index contributed by atoms with van der Waals surface area (Å²) in [6.45, 7) is 5.11. The zero-order valence-corrected chi connectivity index (χ0v) is 29.4. The van der Waals surface area contributed by atoms with Crippen LogP contribution in [-0.4, -0.2) is 75.1 Å². The number of nitrogens with zero attached hydrogens (tertiary/aromatic N) is 5.